The summed E-state index contributed by atoms with van der Waals surface area (Å²) in [5.41, 5.74) is 8.36. The Bertz CT molecular complexity index is 638. The Labute approximate surface area is 118 Å². The third-order valence-electron chi connectivity index (χ3n) is 4.44. The lowest BCUT2D eigenvalue weighted by atomic mass is 9.89. The molecule has 0 saturated heterocycles. The molecule has 106 valence electrons. The molecule has 3 rings (SSSR count). The molecule has 4 nitrogen and oxygen atoms in total. The maximum atomic E-state index is 12.4. The van der Waals surface area contributed by atoms with Crippen molar-refractivity contribution in [3.05, 3.63) is 30.0 Å². The third-order valence-corrected chi connectivity index (χ3v) is 4.44. The van der Waals surface area contributed by atoms with Crippen molar-refractivity contribution >= 4 is 22.5 Å². The lowest BCUT2D eigenvalue weighted by molar-refractivity contribution is 0.0936. The molecular weight excluding hydrogens is 250 g/mol. The van der Waals surface area contributed by atoms with E-state index < -0.39 is 0 Å². The molecule has 0 atom stereocenters. The van der Waals surface area contributed by atoms with Gasteiger partial charge in [-0.15, -0.1) is 0 Å². The highest BCUT2D eigenvalue weighted by Gasteiger charge is 2.29. The Morgan fingerprint density at radius 2 is 2.15 bits per heavy atom. The molecule has 1 aliphatic rings. The van der Waals surface area contributed by atoms with Gasteiger partial charge in [0.25, 0.3) is 5.91 Å². The molecule has 1 heterocycles. The number of nitrogens with one attached hydrogen (secondary N) is 2. The molecular formula is C16H21N3O. The van der Waals surface area contributed by atoms with E-state index in [0.29, 0.717) is 11.3 Å². The van der Waals surface area contributed by atoms with Crippen LogP contribution in [0.2, 0.25) is 0 Å². The highest BCUT2D eigenvalue weighted by molar-refractivity contribution is 6.07. The highest BCUT2D eigenvalue weighted by Crippen LogP contribution is 2.36. The predicted octanol–water partition coefficient (Wildman–Crippen LogP) is 3.06. The van der Waals surface area contributed by atoms with Gasteiger partial charge in [0, 0.05) is 29.3 Å². The Kier molecular flexibility index (Phi) is 3.16. The van der Waals surface area contributed by atoms with Crippen LogP contribution in [0.1, 0.15) is 43.0 Å². The first-order valence-electron chi connectivity index (χ1n) is 7.22. The van der Waals surface area contributed by atoms with E-state index in [-0.39, 0.29) is 11.3 Å². The summed E-state index contributed by atoms with van der Waals surface area (Å²) in [6, 6.07) is 5.58. The maximum Gasteiger partial charge on any atom is 0.253 e. The Morgan fingerprint density at radius 1 is 1.40 bits per heavy atom. The van der Waals surface area contributed by atoms with E-state index in [2.05, 4.69) is 17.2 Å². The second-order valence-corrected chi connectivity index (χ2v) is 6.21. The van der Waals surface area contributed by atoms with E-state index in [1.807, 2.05) is 18.2 Å². The van der Waals surface area contributed by atoms with E-state index >= 15 is 0 Å². The van der Waals surface area contributed by atoms with E-state index in [1.165, 1.54) is 25.7 Å². The number of nitrogen functional groups attached to an aromatic ring is 1. The van der Waals surface area contributed by atoms with Crippen molar-refractivity contribution in [2.45, 2.75) is 32.6 Å². The van der Waals surface area contributed by atoms with Gasteiger partial charge in [0.05, 0.1) is 5.56 Å². The first-order chi connectivity index (χ1) is 9.57. The van der Waals surface area contributed by atoms with Crippen LogP contribution in [0.5, 0.6) is 0 Å². The minimum absolute atomic E-state index is 0.0185. The first kappa shape index (κ1) is 13.0. The second kappa shape index (κ2) is 4.85. The topological polar surface area (TPSA) is 70.9 Å². The fourth-order valence-electron chi connectivity index (χ4n) is 3.12. The largest absolute Gasteiger partial charge is 0.399 e. The molecule has 0 aliphatic heterocycles. The van der Waals surface area contributed by atoms with E-state index in [9.17, 15) is 4.79 Å². The summed E-state index contributed by atoms with van der Waals surface area (Å²) >= 11 is 0. The fourth-order valence-corrected chi connectivity index (χ4v) is 3.12. The van der Waals surface area contributed by atoms with Crippen LogP contribution in [0.15, 0.2) is 24.4 Å². The van der Waals surface area contributed by atoms with Gasteiger partial charge in [0.2, 0.25) is 0 Å². The Hall–Kier alpha value is -1.97. The Morgan fingerprint density at radius 3 is 2.90 bits per heavy atom. The highest BCUT2D eigenvalue weighted by atomic mass is 16.1. The van der Waals surface area contributed by atoms with Crippen LogP contribution in [-0.4, -0.2) is 17.4 Å². The van der Waals surface area contributed by atoms with Crippen molar-refractivity contribution in [1.29, 1.82) is 0 Å². The zero-order valence-electron chi connectivity index (χ0n) is 11.8. The summed E-state index contributed by atoms with van der Waals surface area (Å²) in [7, 11) is 0. The van der Waals surface area contributed by atoms with Gasteiger partial charge in [0.15, 0.2) is 0 Å². The van der Waals surface area contributed by atoms with E-state index in [4.69, 9.17) is 5.73 Å². The van der Waals surface area contributed by atoms with Crippen molar-refractivity contribution in [2.75, 3.05) is 12.3 Å². The molecule has 2 aromatic rings. The summed E-state index contributed by atoms with van der Waals surface area (Å²) < 4.78 is 0. The van der Waals surface area contributed by atoms with Gasteiger partial charge in [-0.25, -0.2) is 0 Å². The zero-order valence-corrected chi connectivity index (χ0v) is 11.8. The molecule has 1 amide bonds. The van der Waals surface area contributed by atoms with Crippen molar-refractivity contribution in [2.24, 2.45) is 5.41 Å². The summed E-state index contributed by atoms with van der Waals surface area (Å²) in [6.45, 7) is 3.01. The molecule has 1 aromatic carbocycles. The van der Waals surface area contributed by atoms with Crippen LogP contribution in [0.3, 0.4) is 0 Å². The lowest BCUT2D eigenvalue weighted by Gasteiger charge is -2.23. The van der Waals surface area contributed by atoms with Crippen LogP contribution >= 0.6 is 0 Å². The number of hydrogen-bond acceptors (Lipinski definition) is 2. The lowest BCUT2D eigenvalue weighted by Crippen LogP contribution is -2.34. The molecule has 1 saturated carbocycles. The predicted molar refractivity (Wildman–Crippen MR) is 81.6 cm³/mol. The smallest absolute Gasteiger partial charge is 0.253 e. The maximum absolute atomic E-state index is 12.4. The third kappa shape index (κ3) is 2.38. The summed E-state index contributed by atoms with van der Waals surface area (Å²) in [5, 5.41) is 3.97. The molecule has 20 heavy (non-hydrogen) atoms. The molecule has 4 heteroatoms. The van der Waals surface area contributed by atoms with Crippen molar-refractivity contribution in [3.8, 4) is 0 Å². The van der Waals surface area contributed by atoms with Crippen LogP contribution in [0, 0.1) is 5.41 Å². The van der Waals surface area contributed by atoms with Crippen LogP contribution in [0.4, 0.5) is 5.69 Å². The summed E-state index contributed by atoms with van der Waals surface area (Å²) in [5.74, 6) is -0.0185. The molecule has 0 spiro atoms. The number of benzene rings is 1. The fraction of sp³-hybridized carbons (Fsp3) is 0.438. The van der Waals surface area contributed by atoms with Crippen LogP contribution in [0.25, 0.3) is 10.9 Å². The number of rotatable bonds is 3. The number of carbonyl (C=O) groups excluding carboxylic acids is 1. The number of carbonyl (C=O) groups is 1. The number of H-pyrrole nitrogens is 1. The van der Waals surface area contributed by atoms with Gasteiger partial charge in [-0.2, -0.15) is 0 Å². The number of amides is 1. The molecule has 1 fully saturated rings. The van der Waals surface area contributed by atoms with Gasteiger partial charge in [-0.05, 0) is 36.5 Å². The van der Waals surface area contributed by atoms with Crippen molar-refractivity contribution in [1.82, 2.24) is 10.3 Å². The SMILES string of the molecule is CC1(CNC(=O)c2c[nH]c3ccc(N)cc23)CCCC1. The molecule has 1 aliphatic carbocycles. The quantitative estimate of drug-likeness (QED) is 0.751. The minimum atomic E-state index is -0.0185. The molecule has 4 N–H and O–H groups in total. The van der Waals surface area contributed by atoms with Crippen molar-refractivity contribution < 1.29 is 4.79 Å². The van der Waals surface area contributed by atoms with Gasteiger partial charge >= 0.3 is 0 Å². The van der Waals surface area contributed by atoms with E-state index in [0.717, 1.165) is 17.4 Å². The molecule has 0 bridgehead atoms. The molecule has 1 aromatic heterocycles. The Balaban J connectivity index is 1.77. The molecule has 0 unspecified atom stereocenters. The van der Waals surface area contributed by atoms with Gasteiger partial charge in [0.1, 0.15) is 0 Å². The van der Waals surface area contributed by atoms with Crippen LogP contribution in [-0.2, 0) is 0 Å². The number of hydrogen-bond donors (Lipinski definition) is 3. The number of nitrogens with two attached hydrogens (primary N) is 1. The summed E-state index contributed by atoms with van der Waals surface area (Å²) in [4.78, 5) is 15.5. The van der Waals surface area contributed by atoms with Gasteiger partial charge < -0.3 is 16.0 Å². The average Bonchev–Trinajstić information content (AvgIpc) is 3.03. The molecule has 0 radical (unpaired) electrons. The van der Waals surface area contributed by atoms with Gasteiger partial charge in [-0.3, -0.25) is 4.79 Å². The van der Waals surface area contributed by atoms with E-state index in [1.54, 1.807) is 6.20 Å². The average molecular weight is 271 g/mol. The normalized spacial score (nSPS) is 17.4. The minimum Gasteiger partial charge on any atom is -0.399 e. The number of fused-ring (bicyclic) bond motifs is 1. The number of aromatic nitrogens is 1. The van der Waals surface area contributed by atoms with Crippen molar-refractivity contribution in [3.63, 3.8) is 0 Å². The first-order valence-corrected chi connectivity index (χ1v) is 7.22. The second-order valence-electron chi connectivity index (χ2n) is 6.21. The summed E-state index contributed by atoms with van der Waals surface area (Å²) in [6.07, 6.45) is 6.71. The van der Waals surface area contributed by atoms with Crippen LogP contribution < -0.4 is 11.1 Å². The monoisotopic (exact) mass is 271 g/mol. The zero-order chi connectivity index (χ0) is 14.2. The van der Waals surface area contributed by atoms with Gasteiger partial charge in [-0.1, -0.05) is 19.8 Å². The number of aromatic amines is 1. The number of anilines is 1. The standard InChI is InChI=1S/C16H21N3O/c1-16(6-2-3-7-16)10-19-15(20)13-9-18-14-5-4-11(17)8-12(13)14/h4-5,8-9,18H,2-3,6-7,10,17H2,1H3,(H,19,20).